The first-order valence-electron chi connectivity index (χ1n) is 10.8. The minimum Gasteiger partial charge on any atom is -0.304 e. The molecule has 1 atom stereocenters. The van der Waals surface area contributed by atoms with Gasteiger partial charge in [-0.25, -0.2) is 0 Å². The van der Waals surface area contributed by atoms with E-state index in [2.05, 4.69) is 93.4 Å². The molecule has 0 bridgehead atoms. The van der Waals surface area contributed by atoms with Crippen molar-refractivity contribution < 1.29 is 0 Å². The molecule has 5 heteroatoms. The van der Waals surface area contributed by atoms with E-state index in [1.807, 2.05) is 41.5 Å². The molecule has 0 unspecified atom stereocenters. The first-order valence-corrected chi connectivity index (χ1v) is 10.8. The number of aromatic nitrogens is 4. The molecule has 3 aromatic carbocycles. The van der Waals surface area contributed by atoms with E-state index < -0.39 is 0 Å². The van der Waals surface area contributed by atoms with Crippen LogP contribution in [0.15, 0.2) is 110 Å². The average molecular weight is 420 g/mol. The summed E-state index contributed by atoms with van der Waals surface area (Å²) in [6.07, 6.45) is 5.72. The van der Waals surface area contributed by atoms with E-state index in [1.165, 1.54) is 16.7 Å². The number of benzene rings is 3. The van der Waals surface area contributed by atoms with Crippen LogP contribution in [0.25, 0.3) is 22.4 Å². The van der Waals surface area contributed by atoms with Gasteiger partial charge in [0.05, 0.1) is 24.5 Å². The predicted molar refractivity (Wildman–Crippen MR) is 128 cm³/mol. The monoisotopic (exact) mass is 419 g/mol. The van der Waals surface area contributed by atoms with E-state index >= 15 is 0 Å². The maximum absolute atomic E-state index is 4.38. The van der Waals surface area contributed by atoms with Crippen LogP contribution in [0, 0.1) is 0 Å². The molecule has 0 aliphatic carbocycles. The molecule has 2 heterocycles. The fraction of sp³-hybridized carbons (Fsp3) is 0.111. The zero-order chi connectivity index (χ0) is 21.6. The summed E-state index contributed by atoms with van der Waals surface area (Å²) in [7, 11) is 0. The lowest BCUT2D eigenvalue weighted by Crippen LogP contribution is -2.25. The molecule has 0 amide bonds. The molecule has 2 aromatic heterocycles. The van der Waals surface area contributed by atoms with Crippen molar-refractivity contribution in [3.63, 3.8) is 0 Å². The lowest BCUT2D eigenvalue weighted by molar-refractivity contribution is 0.437. The van der Waals surface area contributed by atoms with Crippen LogP contribution in [-0.4, -0.2) is 20.0 Å². The summed E-state index contributed by atoms with van der Waals surface area (Å²) in [6.45, 7) is 1.46. The third kappa shape index (κ3) is 4.53. The van der Waals surface area contributed by atoms with Gasteiger partial charge in [-0.1, -0.05) is 84.9 Å². The van der Waals surface area contributed by atoms with Crippen LogP contribution in [0.1, 0.15) is 17.2 Å². The highest BCUT2D eigenvalue weighted by Gasteiger charge is 2.14. The van der Waals surface area contributed by atoms with Crippen molar-refractivity contribution in [2.24, 2.45) is 0 Å². The highest BCUT2D eigenvalue weighted by Crippen LogP contribution is 2.26. The van der Waals surface area contributed by atoms with Crippen LogP contribution in [0.5, 0.6) is 0 Å². The van der Waals surface area contributed by atoms with Gasteiger partial charge in [0.2, 0.25) is 0 Å². The van der Waals surface area contributed by atoms with E-state index in [1.54, 1.807) is 0 Å². The highest BCUT2D eigenvalue weighted by molar-refractivity contribution is 5.69. The third-order valence-electron chi connectivity index (χ3n) is 5.67. The zero-order valence-electron chi connectivity index (χ0n) is 17.7. The van der Waals surface area contributed by atoms with E-state index in [4.69, 9.17) is 0 Å². The molecule has 0 saturated carbocycles. The summed E-state index contributed by atoms with van der Waals surface area (Å²) in [6, 6.07) is 31.6. The molecule has 2 N–H and O–H groups in total. The van der Waals surface area contributed by atoms with E-state index in [0.717, 1.165) is 23.4 Å². The van der Waals surface area contributed by atoms with Crippen LogP contribution in [-0.2, 0) is 13.1 Å². The van der Waals surface area contributed by atoms with Crippen molar-refractivity contribution in [3.8, 4) is 22.4 Å². The molecule has 0 radical (unpaired) electrons. The van der Waals surface area contributed by atoms with Gasteiger partial charge in [0, 0.05) is 24.5 Å². The SMILES string of the molecule is c1ccc(-c2ccc(-c3[nH]ncc3CN[C@H](Cn3cccn3)c3ccccc3)cc2)cc1. The Morgan fingerprint density at radius 3 is 2.19 bits per heavy atom. The summed E-state index contributed by atoms with van der Waals surface area (Å²) in [5.74, 6) is 0. The Morgan fingerprint density at radius 2 is 1.47 bits per heavy atom. The molecule has 5 aromatic rings. The van der Waals surface area contributed by atoms with Crippen LogP contribution < -0.4 is 5.32 Å². The second-order valence-corrected chi connectivity index (χ2v) is 7.79. The number of hydrogen-bond donors (Lipinski definition) is 2. The van der Waals surface area contributed by atoms with Gasteiger partial charge in [-0.15, -0.1) is 0 Å². The van der Waals surface area contributed by atoms with Gasteiger partial charge in [0.15, 0.2) is 0 Å². The van der Waals surface area contributed by atoms with Crippen LogP contribution in [0.4, 0.5) is 0 Å². The van der Waals surface area contributed by atoms with E-state index in [-0.39, 0.29) is 6.04 Å². The molecule has 0 aliphatic heterocycles. The number of aromatic amines is 1. The Morgan fingerprint density at radius 1 is 0.781 bits per heavy atom. The average Bonchev–Trinajstić information content (AvgIpc) is 3.55. The number of nitrogens with zero attached hydrogens (tertiary/aromatic N) is 3. The number of hydrogen-bond acceptors (Lipinski definition) is 3. The summed E-state index contributed by atoms with van der Waals surface area (Å²) in [5.41, 5.74) is 6.97. The minimum absolute atomic E-state index is 0.138. The van der Waals surface area contributed by atoms with Gasteiger partial charge in [-0.2, -0.15) is 10.2 Å². The molecule has 158 valence electrons. The summed E-state index contributed by atoms with van der Waals surface area (Å²) >= 11 is 0. The lowest BCUT2D eigenvalue weighted by atomic mass is 10.0. The van der Waals surface area contributed by atoms with Gasteiger partial charge < -0.3 is 5.32 Å². The molecule has 0 spiro atoms. The van der Waals surface area contributed by atoms with Crippen LogP contribution in [0.2, 0.25) is 0 Å². The Balaban J connectivity index is 1.34. The molecule has 5 rings (SSSR count). The highest BCUT2D eigenvalue weighted by atomic mass is 15.3. The van der Waals surface area contributed by atoms with Crippen LogP contribution >= 0.6 is 0 Å². The van der Waals surface area contributed by atoms with Gasteiger partial charge in [-0.05, 0) is 28.3 Å². The number of rotatable bonds is 8. The van der Waals surface area contributed by atoms with Crippen molar-refractivity contribution >= 4 is 0 Å². The van der Waals surface area contributed by atoms with Crippen LogP contribution in [0.3, 0.4) is 0 Å². The second kappa shape index (κ2) is 9.45. The van der Waals surface area contributed by atoms with E-state index in [0.29, 0.717) is 6.54 Å². The molecule has 0 aliphatic rings. The maximum Gasteiger partial charge on any atom is 0.0695 e. The standard InChI is InChI=1S/C27H25N5/c1-3-8-21(9-4-1)22-12-14-24(15-13-22)27-25(19-29-31-27)18-28-26(20-32-17-7-16-30-32)23-10-5-2-6-11-23/h1-17,19,26,28H,18,20H2,(H,29,31)/t26-/m1/s1. The number of nitrogens with one attached hydrogen (secondary N) is 2. The Labute approximate surface area is 187 Å². The Bertz CT molecular complexity index is 1230. The van der Waals surface area contributed by atoms with E-state index in [9.17, 15) is 0 Å². The first-order chi connectivity index (χ1) is 15.9. The number of H-pyrrole nitrogens is 1. The van der Waals surface area contributed by atoms with Crippen molar-refractivity contribution in [2.45, 2.75) is 19.1 Å². The van der Waals surface area contributed by atoms with Gasteiger partial charge in [0.1, 0.15) is 0 Å². The fourth-order valence-electron chi connectivity index (χ4n) is 3.96. The predicted octanol–water partition coefficient (Wildman–Crippen LogP) is 5.47. The Hall–Kier alpha value is -3.96. The molecular weight excluding hydrogens is 394 g/mol. The molecule has 5 nitrogen and oxygen atoms in total. The fourth-order valence-corrected chi connectivity index (χ4v) is 3.96. The van der Waals surface area contributed by atoms with Crippen molar-refractivity contribution in [1.29, 1.82) is 0 Å². The summed E-state index contributed by atoms with van der Waals surface area (Å²) < 4.78 is 1.96. The normalized spacial score (nSPS) is 12.0. The molecule has 32 heavy (non-hydrogen) atoms. The molecule has 0 fully saturated rings. The van der Waals surface area contributed by atoms with Gasteiger partial charge >= 0.3 is 0 Å². The second-order valence-electron chi connectivity index (χ2n) is 7.79. The zero-order valence-corrected chi connectivity index (χ0v) is 17.7. The smallest absolute Gasteiger partial charge is 0.0695 e. The van der Waals surface area contributed by atoms with Crippen molar-refractivity contribution in [2.75, 3.05) is 0 Å². The third-order valence-corrected chi connectivity index (χ3v) is 5.67. The quantitative estimate of drug-likeness (QED) is 0.351. The largest absolute Gasteiger partial charge is 0.304 e. The summed E-state index contributed by atoms with van der Waals surface area (Å²) in [5, 5.41) is 15.6. The minimum atomic E-state index is 0.138. The molecule has 0 saturated heterocycles. The van der Waals surface area contributed by atoms with Gasteiger partial charge in [0.25, 0.3) is 0 Å². The van der Waals surface area contributed by atoms with Crippen molar-refractivity contribution in [3.05, 3.63) is 121 Å². The first kappa shape index (κ1) is 20.0. The van der Waals surface area contributed by atoms with Crippen molar-refractivity contribution in [1.82, 2.24) is 25.3 Å². The lowest BCUT2D eigenvalue weighted by Gasteiger charge is -2.19. The maximum atomic E-state index is 4.38. The van der Waals surface area contributed by atoms with Gasteiger partial charge in [-0.3, -0.25) is 9.78 Å². The molecular formula is C27H25N5. The Kier molecular flexibility index (Phi) is 5.90. The summed E-state index contributed by atoms with van der Waals surface area (Å²) in [4.78, 5) is 0. The topological polar surface area (TPSA) is 58.5 Å².